The zero-order valence-electron chi connectivity index (χ0n) is 20.8. The monoisotopic (exact) mass is 475 g/mol. The Morgan fingerprint density at radius 1 is 1.06 bits per heavy atom. The number of nitrogens with one attached hydrogen (secondary N) is 1. The summed E-state index contributed by atoms with van der Waals surface area (Å²) >= 11 is 0. The Kier molecular flexibility index (Phi) is 10.1. The van der Waals surface area contributed by atoms with Gasteiger partial charge in [0.15, 0.2) is 8.32 Å². The Hall–Kier alpha value is -1.71. The third kappa shape index (κ3) is 9.83. The second kappa shape index (κ2) is 11.4. The van der Waals surface area contributed by atoms with Crippen LogP contribution in [0.5, 0.6) is 5.75 Å². The summed E-state index contributed by atoms with van der Waals surface area (Å²) < 4.78 is 50.1. The molecular weight excluding hydrogens is 436 g/mol. The van der Waals surface area contributed by atoms with Crippen LogP contribution in [-0.2, 0) is 13.9 Å². The number of alkyl carbamates (subject to hydrolysis) is 1. The fourth-order valence-corrected chi connectivity index (χ4v) is 4.02. The van der Waals surface area contributed by atoms with E-state index >= 15 is 0 Å². The SMILES string of the molecule is COCC[C@H](O[Si](C)(C)C(C)(C)C)[C@H](COc1cc(F)cc(F)c1)NC(=O)OC(C)(C)C. The number of hydrogen-bond donors (Lipinski definition) is 1. The number of hydrogen-bond acceptors (Lipinski definition) is 5. The molecule has 0 unspecified atom stereocenters. The molecule has 184 valence electrons. The lowest BCUT2D eigenvalue weighted by Gasteiger charge is -2.41. The Bertz CT molecular complexity index is 727. The van der Waals surface area contributed by atoms with E-state index in [9.17, 15) is 13.6 Å². The van der Waals surface area contributed by atoms with E-state index in [2.05, 4.69) is 39.2 Å². The Morgan fingerprint density at radius 2 is 1.62 bits per heavy atom. The molecule has 0 aliphatic heterocycles. The van der Waals surface area contributed by atoms with E-state index in [1.807, 2.05) is 0 Å². The molecule has 32 heavy (non-hydrogen) atoms. The summed E-state index contributed by atoms with van der Waals surface area (Å²) in [6.45, 7) is 16.2. The first kappa shape index (κ1) is 28.3. The number of methoxy groups -OCH3 is 1. The molecule has 0 aliphatic carbocycles. The van der Waals surface area contributed by atoms with Gasteiger partial charge in [-0.05, 0) is 45.3 Å². The van der Waals surface area contributed by atoms with Crippen molar-refractivity contribution in [2.75, 3.05) is 20.3 Å². The van der Waals surface area contributed by atoms with Gasteiger partial charge in [-0.15, -0.1) is 0 Å². The number of benzene rings is 1. The Labute approximate surface area is 192 Å². The van der Waals surface area contributed by atoms with Crippen molar-refractivity contribution in [3.8, 4) is 5.75 Å². The number of halogens is 2. The summed E-state index contributed by atoms with van der Waals surface area (Å²) in [5, 5.41) is 2.76. The van der Waals surface area contributed by atoms with Crippen LogP contribution in [-0.4, -0.2) is 52.5 Å². The van der Waals surface area contributed by atoms with Gasteiger partial charge < -0.3 is 24.0 Å². The maximum atomic E-state index is 13.6. The highest BCUT2D eigenvalue weighted by Crippen LogP contribution is 2.38. The molecule has 0 fully saturated rings. The van der Waals surface area contributed by atoms with E-state index in [-0.39, 0.29) is 17.4 Å². The van der Waals surface area contributed by atoms with Crippen molar-refractivity contribution in [3.63, 3.8) is 0 Å². The maximum Gasteiger partial charge on any atom is 0.408 e. The van der Waals surface area contributed by atoms with Crippen LogP contribution >= 0.6 is 0 Å². The first-order valence-electron chi connectivity index (χ1n) is 10.8. The van der Waals surface area contributed by atoms with Crippen LogP contribution in [0, 0.1) is 11.6 Å². The summed E-state index contributed by atoms with van der Waals surface area (Å²) in [5.74, 6) is -1.47. The van der Waals surface area contributed by atoms with Gasteiger partial charge in [0.2, 0.25) is 0 Å². The third-order valence-corrected chi connectivity index (χ3v) is 9.78. The molecule has 1 aromatic carbocycles. The molecule has 1 N–H and O–H groups in total. The minimum absolute atomic E-state index is 0.0244. The van der Waals surface area contributed by atoms with Gasteiger partial charge in [0.05, 0.1) is 12.1 Å². The topological polar surface area (TPSA) is 66.0 Å². The summed E-state index contributed by atoms with van der Waals surface area (Å²) in [5.41, 5.74) is -0.691. The van der Waals surface area contributed by atoms with Crippen molar-refractivity contribution in [1.82, 2.24) is 5.32 Å². The average molecular weight is 476 g/mol. The highest BCUT2D eigenvalue weighted by Gasteiger charge is 2.41. The van der Waals surface area contributed by atoms with Crippen LogP contribution in [0.3, 0.4) is 0 Å². The fourth-order valence-electron chi connectivity index (χ4n) is 2.63. The van der Waals surface area contributed by atoms with E-state index in [0.29, 0.717) is 13.0 Å². The summed E-state index contributed by atoms with van der Waals surface area (Å²) in [4.78, 5) is 12.5. The molecule has 0 aromatic heterocycles. The van der Waals surface area contributed by atoms with Gasteiger partial charge >= 0.3 is 6.09 Å². The first-order chi connectivity index (χ1) is 14.5. The number of amides is 1. The minimum atomic E-state index is -2.23. The molecule has 0 saturated heterocycles. The van der Waals surface area contributed by atoms with Crippen LogP contribution in [0.15, 0.2) is 18.2 Å². The zero-order chi connectivity index (χ0) is 24.7. The lowest BCUT2D eigenvalue weighted by molar-refractivity contribution is 0.0328. The van der Waals surface area contributed by atoms with Gasteiger partial charge in [0, 0.05) is 31.9 Å². The average Bonchev–Trinajstić information content (AvgIpc) is 2.58. The molecule has 0 saturated carbocycles. The molecule has 1 amide bonds. The normalized spacial score (nSPS) is 14.6. The van der Waals surface area contributed by atoms with Gasteiger partial charge in [-0.1, -0.05) is 20.8 Å². The van der Waals surface area contributed by atoms with Crippen LogP contribution in [0.25, 0.3) is 0 Å². The van der Waals surface area contributed by atoms with E-state index in [0.717, 1.165) is 18.2 Å². The summed E-state index contributed by atoms with van der Waals surface area (Å²) in [6.07, 6.45) is -0.593. The number of carbonyl (C=O) groups excluding carboxylic acids is 1. The molecule has 0 spiro atoms. The molecule has 0 bridgehead atoms. The largest absolute Gasteiger partial charge is 0.491 e. The van der Waals surface area contributed by atoms with Crippen molar-refractivity contribution in [3.05, 3.63) is 29.8 Å². The number of rotatable bonds is 10. The van der Waals surface area contributed by atoms with Crippen molar-refractivity contribution in [2.24, 2.45) is 0 Å². The molecule has 9 heteroatoms. The number of carbonyl (C=O) groups is 1. The predicted octanol–water partition coefficient (Wildman–Crippen LogP) is 5.66. The fraction of sp³-hybridized carbons (Fsp3) is 0.696. The van der Waals surface area contributed by atoms with E-state index < -0.39 is 43.8 Å². The van der Waals surface area contributed by atoms with Gasteiger partial charge in [0.25, 0.3) is 0 Å². The number of ether oxygens (including phenoxy) is 3. The van der Waals surface area contributed by atoms with Crippen LogP contribution in [0.1, 0.15) is 48.0 Å². The van der Waals surface area contributed by atoms with Crippen molar-refractivity contribution >= 4 is 14.4 Å². The molecular formula is C23H39F2NO5Si. The molecule has 0 radical (unpaired) electrons. The molecule has 6 nitrogen and oxygen atoms in total. The van der Waals surface area contributed by atoms with E-state index in [4.69, 9.17) is 18.6 Å². The third-order valence-electron chi connectivity index (χ3n) is 5.28. The van der Waals surface area contributed by atoms with Crippen LogP contribution in [0.4, 0.5) is 13.6 Å². The van der Waals surface area contributed by atoms with Gasteiger partial charge in [-0.25, -0.2) is 13.6 Å². The molecule has 2 atom stereocenters. The predicted molar refractivity (Wildman–Crippen MR) is 124 cm³/mol. The quantitative estimate of drug-likeness (QED) is 0.442. The lowest BCUT2D eigenvalue weighted by Crippen LogP contribution is -2.54. The van der Waals surface area contributed by atoms with Crippen molar-refractivity contribution in [2.45, 2.75) is 83.8 Å². The van der Waals surface area contributed by atoms with E-state index in [1.165, 1.54) is 0 Å². The molecule has 1 aromatic rings. The molecule has 1 rings (SSSR count). The van der Waals surface area contributed by atoms with Crippen LogP contribution in [0.2, 0.25) is 18.1 Å². The van der Waals surface area contributed by atoms with Crippen molar-refractivity contribution < 1.29 is 32.2 Å². The van der Waals surface area contributed by atoms with E-state index in [1.54, 1.807) is 27.9 Å². The van der Waals surface area contributed by atoms with Gasteiger partial charge in [0.1, 0.15) is 29.6 Å². The van der Waals surface area contributed by atoms with Crippen molar-refractivity contribution in [1.29, 1.82) is 0 Å². The highest BCUT2D eigenvalue weighted by molar-refractivity contribution is 6.74. The summed E-state index contributed by atoms with van der Waals surface area (Å²) in [6, 6.07) is 2.31. The highest BCUT2D eigenvalue weighted by atomic mass is 28.4. The Balaban J connectivity index is 3.16. The second-order valence-electron chi connectivity index (χ2n) is 10.4. The minimum Gasteiger partial charge on any atom is -0.491 e. The maximum absolute atomic E-state index is 13.6. The standard InChI is InChI=1S/C23H39F2NO5Si/c1-22(2,3)30-21(27)26-19(15-29-18-13-16(24)12-17(25)14-18)20(10-11-28-7)31-32(8,9)23(4,5)6/h12-14,19-20H,10-11,15H2,1-9H3,(H,26,27)/t19-,20-/m0/s1. The van der Waals surface area contributed by atoms with Crippen LogP contribution < -0.4 is 10.1 Å². The summed E-state index contributed by atoms with van der Waals surface area (Å²) in [7, 11) is -0.639. The lowest BCUT2D eigenvalue weighted by atomic mass is 10.1. The smallest absolute Gasteiger partial charge is 0.408 e. The Morgan fingerprint density at radius 3 is 2.09 bits per heavy atom. The molecule has 0 aliphatic rings. The molecule has 0 heterocycles. The van der Waals surface area contributed by atoms with Gasteiger partial charge in [-0.3, -0.25) is 0 Å². The first-order valence-corrected chi connectivity index (χ1v) is 13.7. The second-order valence-corrected chi connectivity index (χ2v) is 15.1. The zero-order valence-corrected chi connectivity index (χ0v) is 21.8. The van der Waals surface area contributed by atoms with Gasteiger partial charge in [-0.2, -0.15) is 0 Å².